The molecule has 2 atom stereocenters. The zero-order valence-electron chi connectivity index (χ0n) is 12.5. The highest BCUT2D eigenvalue weighted by molar-refractivity contribution is 5.50. The molecule has 0 spiro atoms. The fraction of sp³-hybridized carbons (Fsp3) is 0.625. The summed E-state index contributed by atoms with van der Waals surface area (Å²) in [6.45, 7) is 3.26. The van der Waals surface area contributed by atoms with Gasteiger partial charge in [-0.1, -0.05) is 0 Å². The molecule has 0 aliphatic carbocycles. The third-order valence-corrected chi connectivity index (χ3v) is 4.98. The van der Waals surface area contributed by atoms with Crippen LogP contribution in [0.15, 0.2) is 18.2 Å². The van der Waals surface area contributed by atoms with Crippen molar-refractivity contribution in [2.45, 2.75) is 37.9 Å². The van der Waals surface area contributed by atoms with Crippen LogP contribution in [0.1, 0.15) is 24.8 Å². The van der Waals surface area contributed by atoms with E-state index in [4.69, 9.17) is 10.5 Å². The summed E-state index contributed by atoms with van der Waals surface area (Å²) in [5, 5.41) is 0. The number of benzene rings is 1. The second-order valence-electron chi connectivity index (χ2n) is 6.14. The van der Waals surface area contributed by atoms with E-state index in [1.54, 1.807) is 7.11 Å². The molecule has 2 aliphatic heterocycles. The minimum absolute atomic E-state index is 0.717. The molecule has 0 amide bonds. The number of anilines is 1. The molecule has 20 heavy (non-hydrogen) atoms. The number of likely N-dealkylation sites (tertiary alicyclic amines) is 1. The fourth-order valence-corrected chi connectivity index (χ4v) is 3.61. The molecule has 0 saturated carbocycles. The molecule has 1 aromatic rings. The Morgan fingerprint density at radius 3 is 2.85 bits per heavy atom. The van der Waals surface area contributed by atoms with Crippen molar-refractivity contribution in [1.82, 2.24) is 9.80 Å². The zero-order chi connectivity index (χ0) is 14.1. The number of ether oxygens (including phenoxy) is 1. The van der Waals surface area contributed by atoms with Gasteiger partial charge in [0.25, 0.3) is 0 Å². The molecule has 4 heteroatoms. The van der Waals surface area contributed by atoms with Crippen LogP contribution < -0.4 is 10.5 Å². The number of likely N-dealkylation sites (N-methyl/N-ethyl adjacent to an activating group) is 1. The quantitative estimate of drug-likeness (QED) is 0.856. The molecule has 2 fully saturated rings. The molecule has 2 N–H and O–H groups in total. The van der Waals surface area contributed by atoms with E-state index in [0.717, 1.165) is 30.6 Å². The molecule has 0 aromatic heterocycles. The Hall–Kier alpha value is -1.26. The normalized spacial score (nSPS) is 27.5. The SMILES string of the molecule is COc1ccc(N)c(CN2CCC3CCC(C2)N3C)c1. The monoisotopic (exact) mass is 275 g/mol. The topological polar surface area (TPSA) is 41.7 Å². The summed E-state index contributed by atoms with van der Waals surface area (Å²) in [5.41, 5.74) is 8.16. The maximum Gasteiger partial charge on any atom is 0.119 e. The van der Waals surface area contributed by atoms with E-state index in [0.29, 0.717) is 6.04 Å². The van der Waals surface area contributed by atoms with E-state index >= 15 is 0 Å². The van der Waals surface area contributed by atoms with Gasteiger partial charge in [-0.15, -0.1) is 0 Å². The van der Waals surface area contributed by atoms with Crippen molar-refractivity contribution < 1.29 is 4.74 Å². The van der Waals surface area contributed by atoms with Gasteiger partial charge in [-0.05, 0) is 50.1 Å². The molecular weight excluding hydrogens is 250 g/mol. The number of nitrogens with two attached hydrogens (primary N) is 1. The van der Waals surface area contributed by atoms with Crippen LogP contribution in [0.5, 0.6) is 5.75 Å². The lowest BCUT2D eigenvalue weighted by atomic mass is 10.1. The zero-order valence-corrected chi connectivity index (χ0v) is 12.5. The molecule has 0 radical (unpaired) electrons. The Morgan fingerprint density at radius 1 is 1.25 bits per heavy atom. The predicted octanol–water partition coefficient (Wildman–Crippen LogP) is 1.95. The molecule has 4 nitrogen and oxygen atoms in total. The number of hydrogen-bond acceptors (Lipinski definition) is 4. The molecular formula is C16H25N3O. The third-order valence-electron chi connectivity index (χ3n) is 4.98. The fourth-order valence-electron chi connectivity index (χ4n) is 3.61. The maximum absolute atomic E-state index is 6.11. The van der Waals surface area contributed by atoms with Crippen molar-refractivity contribution in [1.29, 1.82) is 0 Å². The summed E-state index contributed by atoms with van der Waals surface area (Å²) in [4.78, 5) is 5.13. The van der Waals surface area contributed by atoms with Crippen molar-refractivity contribution in [2.75, 3.05) is 33.0 Å². The number of methoxy groups -OCH3 is 1. The molecule has 2 unspecified atom stereocenters. The first-order valence-electron chi connectivity index (χ1n) is 7.54. The Labute approximate surface area is 121 Å². The van der Waals surface area contributed by atoms with Crippen LogP contribution in [-0.4, -0.2) is 49.1 Å². The Bertz CT molecular complexity index is 477. The van der Waals surface area contributed by atoms with E-state index in [1.807, 2.05) is 12.1 Å². The predicted molar refractivity (Wildman–Crippen MR) is 81.9 cm³/mol. The van der Waals surface area contributed by atoms with E-state index in [1.165, 1.54) is 31.4 Å². The van der Waals surface area contributed by atoms with E-state index in [2.05, 4.69) is 22.9 Å². The largest absolute Gasteiger partial charge is 0.497 e. The molecule has 3 rings (SSSR count). The van der Waals surface area contributed by atoms with Gasteiger partial charge >= 0.3 is 0 Å². The van der Waals surface area contributed by atoms with Gasteiger partial charge in [0, 0.05) is 37.4 Å². The van der Waals surface area contributed by atoms with E-state index in [9.17, 15) is 0 Å². The van der Waals surface area contributed by atoms with Crippen LogP contribution in [0.25, 0.3) is 0 Å². The standard InChI is InChI=1S/C16H25N3O/c1-18-13-3-4-14(18)11-19(8-7-13)10-12-9-15(20-2)5-6-16(12)17/h5-6,9,13-14H,3-4,7-8,10-11,17H2,1-2H3. The first-order valence-corrected chi connectivity index (χ1v) is 7.54. The highest BCUT2D eigenvalue weighted by atomic mass is 16.5. The van der Waals surface area contributed by atoms with E-state index in [-0.39, 0.29) is 0 Å². The van der Waals surface area contributed by atoms with Gasteiger partial charge in [0.2, 0.25) is 0 Å². The average Bonchev–Trinajstić information content (AvgIpc) is 2.69. The number of nitrogens with zero attached hydrogens (tertiary/aromatic N) is 2. The highest BCUT2D eigenvalue weighted by Gasteiger charge is 2.34. The van der Waals surface area contributed by atoms with Gasteiger partial charge in [-0.2, -0.15) is 0 Å². The summed E-state index contributed by atoms with van der Waals surface area (Å²) in [7, 11) is 3.99. The number of rotatable bonds is 3. The van der Waals surface area contributed by atoms with Crippen molar-refractivity contribution in [3.05, 3.63) is 23.8 Å². The smallest absolute Gasteiger partial charge is 0.119 e. The van der Waals surface area contributed by atoms with Gasteiger partial charge in [-0.3, -0.25) is 9.80 Å². The molecule has 110 valence electrons. The van der Waals surface area contributed by atoms with Crippen LogP contribution >= 0.6 is 0 Å². The van der Waals surface area contributed by atoms with Crippen molar-refractivity contribution >= 4 is 5.69 Å². The summed E-state index contributed by atoms with van der Waals surface area (Å²) in [5.74, 6) is 0.891. The molecule has 2 aliphatic rings. The average molecular weight is 275 g/mol. The summed E-state index contributed by atoms with van der Waals surface area (Å²) < 4.78 is 5.31. The Kier molecular flexibility index (Phi) is 3.85. The van der Waals surface area contributed by atoms with Crippen molar-refractivity contribution in [2.24, 2.45) is 0 Å². The highest BCUT2D eigenvalue weighted by Crippen LogP contribution is 2.30. The van der Waals surface area contributed by atoms with E-state index < -0.39 is 0 Å². The van der Waals surface area contributed by atoms with Gasteiger partial charge in [0.1, 0.15) is 5.75 Å². The van der Waals surface area contributed by atoms with Crippen LogP contribution in [0.4, 0.5) is 5.69 Å². The Balaban J connectivity index is 1.72. The minimum Gasteiger partial charge on any atom is -0.497 e. The molecule has 2 heterocycles. The number of fused-ring (bicyclic) bond motifs is 2. The maximum atomic E-state index is 6.11. The van der Waals surface area contributed by atoms with Crippen LogP contribution in [0.2, 0.25) is 0 Å². The van der Waals surface area contributed by atoms with Gasteiger partial charge < -0.3 is 10.5 Å². The lowest BCUT2D eigenvalue weighted by Gasteiger charge is -2.26. The second-order valence-corrected chi connectivity index (χ2v) is 6.14. The Morgan fingerprint density at radius 2 is 2.05 bits per heavy atom. The molecule has 2 saturated heterocycles. The van der Waals surface area contributed by atoms with Crippen LogP contribution in [0.3, 0.4) is 0 Å². The third kappa shape index (κ3) is 2.63. The van der Waals surface area contributed by atoms with Crippen molar-refractivity contribution in [3.8, 4) is 5.75 Å². The second kappa shape index (κ2) is 5.62. The lowest BCUT2D eigenvalue weighted by Crippen LogP contribution is -2.36. The van der Waals surface area contributed by atoms with Gasteiger partial charge in [0.05, 0.1) is 7.11 Å². The van der Waals surface area contributed by atoms with Crippen LogP contribution in [0, 0.1) is 0 Å². The van der Waals surface area contributed by atoms with Gasteiger partial charge in [0.15, 0.2) is 0 Å². The number of hydrogen-bond donors (Lipinski definition) is 1. The first-order chi connectivity index (χ1) is 9.67. The lowest BCUT2D eigenvalue weighted by molar-refractivity contribution is 0.215. The number of nitrogen functional groups attached to an aromatic ring is 1. The molecule has 1 aromatic carbocycles. The molecule has 2 bridgehead atoms. The summed E-state index contributed by atoms with van der Waals surface area (Å²) in [6, 6.07) is 7.45. The summed E-state index contributed by atoms with van der Waals surface area (Å²) >= 11 is 0. The summed E-state index contributed by atoms with van der Waals surface area (Å²) in [6.07, 6.45) is 3.98. The van der Waals surface area contributed by atoms with Gasteiger partial charge in [-0.25, -0.2) is 0 Å². The van der Waals surface area contributed by atoms with Crippen LogP contribution in [-0.2, 0) is 6.54 Å². The van der Waals surface area contributed by atoms with Crippen molar-refractivity contribution in [3.63, 3.8) is 0 Å². The minimum atomic E-state index is 0.717. The first kappa shape index (κ1) is 13.7.